The van der Waals surface area contributed by atoms with Crippen LogP contribution in [0.1, 0.15) is 52.8 Å². The summed E-state index contributed by atoms with van der Waals surface area (Å²) < 4.78 is 0. The van der Waals surface area contributed by atoms with E-state index in [0.29, 0.717) is 0 Å². The predicted molar refractivity (Wildman–Crippen MR) is 124 cm³/mol. The molecule has 1 aromatic carbocycles. The van der Waals surface area contributed by atoms with Crippen molar-refractivity contribution < 1.29 is 4.79 Å². The lowest BCUT2D eigenvalue weighted by molar-refractivity contribution is 0.0988. The van der Waals surface area contributed by atoms with Crippen molar-refractivity contribution in [3.05, 3.63) is 46.1 Å². The summed E-state index contributed by atoms with van der Waals surface area (Å²) in [7, 11) is 0. The van der Waals surface area contributed by atoms with Crippen LogP contribution in [0.2, 0.25) is 0 Å². The Balaban J connectivity index is 1.57. The number of carbonyl (C=O) groups is 1. The van der Waals surface area contributed by atoms with Crippen molar-refractivity contribution in [3.8, 4) is 0 Å². The largest absolute Gasteiger partial charge is 0.356 e. The molecule has 156 valence electrons. The van der Waals surface area contributed by atoms with Crippen LogP contribution in [0.15, 0.2) is 24.3 Å². The molecule has 0 radical (unpaired) electrons. The van der Waals surface area contributed by atoms with Crippen LogP contribution in [0.3, 0.4) is 0 Å². The summed E-state index contributed by atoms with van der Waals surface area (Å²) in [5.41, 5.74) is 3.34. The number of aryl methyl sites for hydroxylation is 3. The molecule has 1 fully saturated rings. The van der Waals surface area contributed by atoms with Crippen molar-refractivity contribution in [2.24, 2.45) is 5.92 Å². The Morgan fingerprint density at radius 2 is 1.87 bits per heavy atom. The average molecular weight is 421 g/mol. The predicted octanol–water partition coefficient (Wildman–Crippen LogP) is 5.14. The minimum absolute atomic E-state index is 0.0959. The van der Waals surface area contributed by atoms with E-state index in [4.69, 9.17) is 9.97 Å². The van der Waals surface area contributed by atoms with Crippen LogP contribution in [-0.4, -0.2) is 35.5 Å². The number of fused-ring (bicyclic) bond motifs is 2. The van der Waals surface area contributed by atoms with E-state index in [0.717, 1.165) is 76.4 Å². The van der Waals surface area contributed by atoms with Gasteiger partial charge in [-0.3, -0.25) is 4.79 Å². The monoisotopic (exact) mass is 420 g/mol. The Labute approximate surface area is 181 Å². The molecule has 30 heavy (non-hydrogen) atoms. The van der Waals surface area contributed by atoms with Crippen molar-refractivity contribution in [2.75, 3.05) is 29.4 Å². The minimum atomic E-state index is 0.0959. The number of amides is 1. The van der Waals surface area contributed by atoms with Gasteiger partial charge >= 0.3 is 0 Å². The third kappa shape index (κ3) is 3.27. The Hall–Kier alpha value is -2.47. The topological polar surface area (TPSA) is 49.3 Å². The van der Waals surface area contributed by atoms with Gasteiger partial charge < -0.3 is 9.80 Å². The van der Waals surface area contributed by atoms with Gasteiger partial charge in [-0.05, 0) is 62.6 Å². The number of piperidine rings is 1. The van der Waals surface area contributed by atoms with Crippen LogP contribution in [-0.2, 0) is 6.42 Å². The second-order valence-electron chi connectivity index (χ2n) is 8.69. The molecule has 5 rings (SSSR count). The van der Waals surface area contributed by atoms with Crippen molar-refractivity contribution >= 4 is 39.0 Å². The molecule has 2 aliphatic rings. The van der Waals surface area contributed by atoms with Crippen molar-refractivity contribution in [1.82, 2.24) is 9.97 Å². The summed E-state index contributed by atoms with van der Waals surface area (Å²) in [6.45, 7) is 9.14. The Kier molecular flexibility index (Phi) is 4.97. The molecule has 0 atom stereocenters. The molecule has 1 amide bonds. The van der Waals surface area contributed by atoms with E-state index in [1.54, 1.807) is 0 Å². The lowest BCUT2D eigenvalue weighted by Gasteiger charge is -2.32. The molecule has 0 saturated carbocycles. The first-order valence-corrected chi connectivity index (χ1v) is 11.8. The van der Waals surface area contributed by atoms with E-state index in [9.17, 15) is 4.79 Å². The molecule has 3 aromatic rings. The standard InChI is InChI=1S/C24H28N4OS/c1-15-10-13-27(14-11-15)22-20-16(2)21(30-23(20)26-17(3)25-22)24(29)28-12-6-8-18-7-4-5-9-19(18)28/h4-5,7,9,15H,6,8,10-14H2,1-3H3. The summed E-state index contributed by atoms with van der Waals surface area (Å²) >= 11 is 1.52. The number of benzene rings is 1. The van der Waals surface area contributed by atoms with Crippen LogP contribution in [0.4, 0.5) is 11.5 Å². The smallest absolute Gasteiger partial charge is 0.268 e. The third-order valence-corrected chi connectivity index (χ3v) is 7.69. The zero-order valence-electron chi connectivity index (χ0n) is 17.9. The van der Waals surface area contributed by atoms with E-state index < -0.39 is 0 Å². The van der Waals surface area contributed by atoms with Gasteiger partial charge in [0.25, 0.3) is 5.91 Å². The fourth-order valence-corrected chi connectivity index (χ4v) is 5.91. The fraction of sp³-hybridized carbons (Fsp3) is 0.458. The maximum Gasteiger partial charge on any atom is 0.268 e. The molecule has 5 nitrogen and oxygen atoms in total. The Morgan fingerprint density at radius 1 is 1.10 bits per heavy atom. The highest BCUT2D eigenvalue weighted by atomic mass is 32.1. The first kappa shape index (κ1) is 19.5. The van der Waals surface area contributed by atoms with Crippen LogP contribution in [0.25, 0.3) is 10.2 Å². The molecule has 4 heterocycles. The maximum atomic E-state index is 13.6. The van der Waals surface area contributed by atoms with Gasteiger partial charge in [-0.1, -0.05) is 25.1 Å². The van der Waals surface area contributed by atoms with E-state index >= 15 is 0 Å². The number of hydrogen-bond donors (Lipinski definition) is 0. The molecule has 0 bridgehead atoms. The molecule has 0 aliphatic carbocycles. The Bertz CT molecular complexity index is 1110. The molecule has 2 aromatic heterocycles. The molecule has 6 heteroatoms. The average Bonchev–Trinajstić information content (AvgIpc) is 3.09. The second-order valence-corrected chi connectivity index (χ2v) is 9.69. The van der Waals surface area contributed by atoms with E-state index in [1.165, 1.54) is 29.7 Å². The number of hydrogen-bond acceptors (Lipinski definition) is 5. The van der Waals surface area contributed by atoms with Gasteiger partial charge in [0.05, 0.1) is 10.3 Å². The lowest BCUT2D eigenvalue weighted by Crippen LogP contribution is -2.35. The van der Waals surface area contributed by atoms with Crippen LogP contribution in [0, 0.1) is 19.8 Å². The van der Waals surface area contributed by atoms with Crippen molar-refractivity contribution in [3.63, 3.8) is 0 Å². The maximum absolute atomic E-state index is 13.6. The zero-order valence-corrected chi connectivity index (χ0v) is 18.8. The summed E-state index contributed by atoms with van der Waals surface area (Å²) in [5, 5.41) is 1.06. The zero-order chi connectivity index (χ0) is 20.8. The van der Waals surface area contributed by atoms with Crippen molar-refractivity contribution in [2.45, 2.75) is 46.5 Å². The molecule has 1 saturated heterocycles. The number of aromatic nitrogens is 2. The first-order valence-electron chi connectivity index (χ1n) is 11.0. The lowest BCUT2D eigenvalue weighted by atomic mass is 9.99. The third-order valence-electron chi connectivity index (χ3n) is 6.52. The number of carbonyl (C=O) groups excluding carboxylic acids is 1. The molecular weight excluding hydrogens is 392 g/mol. The number of anilines is 2. The van der Waals surface area contributed by atoms with Gasteiger partial charge in [0.1, 0.15) is 16.5 Å². The van der Waals surface area contributed by atoms with Gasteiger partial charge in [0.15, 0.2) is 0 Å². The van der Waals surface area contributed by atoms with Crippen LogP contribution < -0.4 is 9.80 Å². The summed E-state index contributed by atoms with van der Waals surface area (Å²) in [6.07, 6.45) is 4.41. The SMILES string of the molecule is Cc1nc(N2CCC(C)CC2)c2c(C)c(C(=O)N3CCCc4ccccc43)sc2n1. The quantitative estimate of drug-likeness (QED) is 0.576. The van der Waals surface area contributed by atoms with Gasteiger partial charge in [-0.25, -0.2) is 9.97 Å². The Morgan fingerprint density at radius 3 is 2.67 bits per heavy atom. The summed E-state index contributed by atoms with van der Waals surface area (Å²) in [5.74, 6) is 2.65. The summed E-state index contributed by atoms with van der Waals surface area (Å²) in [4.78, 5) is 29.3. The number of para-hydroxylation sites is 1. The van der Waals surface area contributed by atoms with Gasteiger partial charge in [0, 0.05) is 25.3 Å². The van der Waals surface area contributed by atoms with Crippen LogP contribution in [0.5, 0.6) is 0 Å². The molecule has 0 unspecified atom stereocenters. The molecule has 0 N–H and O–H groups in total. The first-order chi connectivity index (χ1) is 14.5. The molecular formula is C24H28N4OS. The highest BCUT2D eigenvalue weighted by molar-refractivity contribution is 7.20. The molecule has 0 spiro atoms. The number of nitrogens with zero attached hydrogens (tertiary/aromatic N) is 4. The van der Waals surface area contributed by atoms with E-state index in [2.05, 4.69) is 36.9 Å². The van der Waals surface area contributed by atoms with Crippen LogP contribution >= 0.6 is 11.3 Å². The van der Waals surface area contributed by atoms with Crippen molar-refractivity contribution in [1.29, 1.82) is 0 Å². The highest BCUT2D eigenvalue weighted by Crippen LogP contribution is 2.38. The summed E-state index contributed by atoms with van der Waals surface area (Å²) in [6, 6.07) is 8.28. The van der Waals surface area contributed by atoms with E-state index in [-0.39, 0.29) is 5.91 Å². The minimum Gasteiger partial charge on any atom is -0.356 e. The van der Waals surface area contributed by atoms with Gasteiger partial charge in [0.2, 0.25) is 0 Å². The second kappa shape index (κ2) is 7.65. The van der Waals surface area contributed by atoms with E-state index in [1.807, 2.05) is 17.9 Å². The van der Waals surface area contributed by atoms with Gasteiger partial charge in [-0.2, -0.15) is 0 Å². The van der Waals surface area contributed by atoms with Gasteiger partial charge in [-0.15, -0.1) is 11.3 Å². The molecule has 2 aliphatic heterocycles. The number of thiophene rings is 1. The fourth-order valence-electron chi connectivity index (χ4n) is 4.74. The highest BCUT2D eigenvalue weighted by Gasteiger charge is 2.29. The number of rotatable bonds is 2. The normalized spacial score (nSPS) is 17.4.